The first-order chi connectivity index (χ1) is 8.78. The van der Waals surface area contributed by atoms with E-state index in [0.29, 0.717) is 18.2 Å². The second-order valence-electron chi connectivity index (χ2n) is 4.64. The second kappa shape index (κ2) is 7.05. The minimum atomic E-state index is 0.130. The summed E-state index contributed by atoms with van der Waals surface area (Å²) < 4.78 is 0. The molecule has 0 atom stereocenters. The Kier molecular flexibility index (Phi) is 5.39. The van der Waals surface area contributed by atoms with Crippen molar-refractivity contribution >= 4 is 35.0 Å². The number of thioether (sulfide) groups is 1. The molecule has 2 nitrogen and oxygen atoms in total. The number of hydrogen-bond donors (Lipinski definition) is 1. The number of nitrogens with one attached hydrogen (secondary N) is 1. The van der Waals surface area contributed by atoms with Crippen molar-refractivity contribution in [3.63, 3.8) is 0 Å². The smallest absolute Gasteiger partial charge is 0.224 e. The van der Waals surface area contributed by atoms with Gasteiger partial charge in [-0.05, 0) is 48.0 Å². The highest BCUT2D eigenvalue weighted by atomic mass is 35.5. The van der Waals surface area contributed by atoms with Crippen molar-refractivity contribution in [3.8, 4) is 0 Å². The molecule has 1 aromatic carbocycles. The van der Waals surface area contributed by atoms with Gasteiger partial charge in [0, 0.05) is 18.0 Å². The Morgan fingerprint density at radius 2 is 1.94 bits per heavy atom. The van der Waals surface area contributed by atoms with E-state index in [-0.39, 0.29) is 5.91 Å². The molecule has 1 fully saturated rings. The third-order valence-electron chi connectivity index (χ3n) is 3.21. The summed E-state index contributed by atoms with van der Waals surface area (Å²) in [6.45, 7) is 0. The summed E-state index contributed by atoms with van der Waals surface area (Å²) in [7, 11) is 0. The number of rotatable bonds is 4. The highest BCUT2D eigenvalue weighted by Crippen LogP contribution is 2.25. The van der Waals surface area contributed by atoms with Gasteiger partial charge >= 0.3 is 0 Å². The molecule has 18 heavy (non-hydrogen) atoms. The van der Waals surface area contributed by atoms with Crippen LogP contribution in [0, 0.1) is 5.92 Å². The first-order valence-corrected chi connectivity index (χ1v) is 7.99. The molecule has 0 aromatic heterocycles. The predicted molar refractivity (Wildman–Crippen MR) is 79.3 cm³/mol. The van der Waals surface area contributed by atoms with Gasteiger partial charge in [-0.1, -0.05) is 12.1 Å². The molecule has 1 N–H and O–H groups in total. The van der Waals surface area contributed by atoms with Crippen molar-refractivity contribution in [1.82, 2.24) is 0 Å². The lowest BCUT2D eigenvalue weighted by Crippen LogP contribution is -2.19. The van der Waals surface area contributed by atoms with Crippen LogP contribution in [0.25, 0.3) is 0 Å². The number of carbonyl (C=O) groups is 1. The van der Waals surface area contributed by atoms with E-state index in [9.17, 15) is 4.79 Å². The summed E-state index contributed by atoms with van der Waals surface area (Å²) >= 11 is 7.71. The number of halogens is 1. The standard InChI is InChI=1S/C14H18ClNOS/c15-10-12-1-3-13(4-2-12)16-14(17)9-11-5-7-18-8-6-11/h1-4,11H,5-10H2,(H,16,17). The van der Waals surface area contributed by atoms with Gasteiger partial charge in [-0.3, -0.25) is 4.79 Å². The van der Waals surface area contributed by atoms with Crippen molar-refractivity contribution in [3.05, 3.63) is 29.8 Å². The van der Waals surface area contributed by atoms with Gasteiger partial charge in [0.15, 0.2) is 0 Å². The molecule has 0 unspecified atom stereocenters. The zero-order valence-electron chi connectivity index (χ0n) is 10.3. The van der Waals surface area contributed by atoms with Crippen molar-refractivity contribution in [2.75, 3.05) is 16.8 Å². The Labute approximate surface area is 117 Å². The van der Waals surface area contributed by atoms with Crippen LogP contribution in [0.1, 0.15) is 24.8 Å². The molecule has 0 spiro atoms. The van der Waals surface area contributed by atoms with Crippen LogP contribution in [-0.2, 0) is 10.7 Å². The molecule has 1 aromatic rings. The van der Waals surface area contributed by atoms with E-state index in [0.717, 1.165) is 11.3 Å². The Morgan fingerprint density at radius 3 is 2.56 bits per heavy atom. The second-order valence-corrected chi connectivity index (χ2v) is 6.13. The fourth-order valence-corrected chi connectivity index (χ4v) is 3.48. The molecule has 4 heteroatoms. The summed E-state index contributed by atoms with van der Waals surface area (Å²) in [5.74, 6) is 3.59. The quantitative estimate of drug-likeness (QED) is 0.849. The van der Waals surface area contributed by atoms with Crippen LogP contribution in [0.5, 0.6) is 0 Å². The highest BCUT2D eigenvalue weighted by Gasteiger charge is 2.17. The van der Waals surface area contributed by atoms with E-state index in [1.165, 1.54) is 24.3 Å². The molecule has 0 aliphatic carbocycles. The number of amides is 1. The molecule has 1 aliphatic rings. The third-order valence-corrected chi connectivity index (χ3v) is 4.56. The molecular weight excluding hydrogens is 266 g/mol. The Balaban J connectivity index is 1.82. The number of hydrogen-bond acceptors (Lipinski definition) is 2. The van der Waals surface area contributed by atoms with E-state index in [1.807, 2.05) is 36.0 Å². The van der Waals surface area contributed by atoms with Gasteiger partial charge in [0.1, 0.15) is 0 Å². The minimum absolute atomic E-state index is 0.130. The number of alkyl halides is 1. The zero-order chi connectivity index (χ0) is 12.8. The van der Waals surface area contributed by atoms with Gasteiger partial charge in [-0.15, -0.1) is 11.6 Å². The van der Waals surface area contributed by atoms with Gasteiger partial charge in [0.25, 0.3) is 0 Å². The van der Waals surface area contributed by atoms with Crippen molar-refractivity contribution < 1.29 is 4.79 Å². The number of carbonyl (C=O) groups excluding carboxylic acids is 1. The van der Waals surface area contributed by atoms with Crippen LogP contribution < -0.4 is 5.32 Å². The lowest BCUT2D eigenvalue weighted by molar-refractivity contribution is -0.117. The lowest BCUT2D eigenvalue weighted by Gasteiger charge is -2.20. The van der Waals surface area contributed by atoms with Crippen molar-refractivity contribution in [2.24, 2.45) is 5.92 Å². The Hall–Kier alpha value is -0.670. The fourth-order valence-electron chi connectivity index (χ4n) is 2.10. The van der Waals surface area contributed by atoms with Crippen molar-refractivity contribution in [2.45, 2.75) is 25.1 Å². The van der Waals surface area contributed by atoms with E-state index in [2.05, 4.69) is 5.32 Å². The third kappa shape index (κ3) is 4.21. The predicted octanol–water partition coefficient (Wildman–Crippen LogP) is 3.90. The molecule has 0 bridgehead atoms. The fraction of sp³-hybridized carbons (Fsp3) is 0.500. The molecule has 1 amide bonds. The van der Waals surface area contributed by atoms with E-state index in [1.54, 1.807) is 0 Å². The summed E-state index contributed by atoms with van der Waals surface area (Å²) in [6.07, 6.45) is 2.99. The lowest BCUT2D eigenvalue weighted by atomic mass is 9.98. The molecule has 0 saturated carbocycles. The van der Waals surface area contributed by atoms with Gasteiger partial charge in [-0.2, -0.15) is 11.8 Å². The normalized spacial score (nSPS) is 16.5. The van der Waals surface area contributed by atoms with E-state index in [4.69, 9.17) is 11.6 Å². The van der Waals surface area contributed by atoms with Gasteiger partial charge in [0.05, 0.1) is 0 Å². The largest absolute Gasteiger partial charge is 0.326 e. The summed E-state index contributed by atoms with van der Waals surface area (Å²) in [4.78, 5) is 11.9. The topological polar surface area (TPSA) is 29.1 Å². The maximum absolute atomic E-state index is 11.9. The van der Waals surface area contributed by atoms with Gasteiger partial charge in [-0.25, -0.2) is 0 Å². The van der Waals surface area contributed by atoms with Gasteiger partial charge < -0.3 is 5.32 Å². The summed E-state index contributed by atoms with van der Waals surface area (Å²) in [5.41, 5.74) is 1.93. The maximum atomic E-state index is 11.9. The molecule has 1 saturated heterocycles. The average Bonchev–Trinajstić information content (AvgIpc) is 2.40. The van der Waals surface area contributed by atoms with Crippen LogP contribution in [0.4, 0.5) is 5.69 Å². The molecule has 1 heterocycles. The first-order valence-electron chi connectivity index (χ1n) is 6.30. The minimum Gasteiger partial charge on any atom is -0.326 e. The summed E-state index contributed by atoms with van der Waals surface area (Å²) in [5, 5.41) is 2.95. The molecule has 2 rings (SSSR count). The Bertz CT molecular complexity index is 387. The molecule has 0 radical (unpaired) electrons. The Morgan fingerprint density at radius 1 is 1.28 bits per heavy atom. The van der Waals surface area contributed by atoms with Crippen LogP contribution in [0.2, 0.25) is 0 Å². The molecule has 98 valence electrons. The summed E-state index contributed by atoms with van der Waals surface area (Å²) in [6, 6.07) is 7.71. The monoisotopic (exact) mass is 283 g/mol. The van der Waals surface area contributed by atoms with Crippen LogP contribution in [-0.4, -0.2) is 17.4 Å². The van der Waals surface area contributed by atoms with Gasteiger partial charge in [0.2, 0.25) is 5.91 Å². The highest BCUT2D eigenvalue weighted by molar-refractivity contribution is 7.99. The van der Waals surface area contributed by atoms with Crippen LogP contribution >= 0.6 is 23.4 Å². The molecular formula is C14H18ClNOS. The first kappa shape index (κ1) is 13.8. The number of benzene rings is 1. The number of anilines is 1. The molecule has 1 aliphatic heterocycles. The average molecular weight is 284 g/mol. The van der Waals surface area contributed by atoms with E-state index < -0.39 is 0 Å². The zero-order valence-corrected chi connectivity index (χ0v) is 11.9. The maximum Gasteiger partial charge on any atom is 0.224 e. The van der Waals surface area contributed by atoms with Crippen molar-refractivity contribution in [1.29, 1.82) is 0 Å². The SMILES string of the molecule is O=C(CC1CCSCC1)Nc1ccc(CCl)cc1. The van der Waals surface area contributed by atoms with E-state index >= 15 is 0 Å². The van der Waals surface area contributed by atoms with Crippen LogP contribution in [0.15, 0.2) is 24.3 Å². The van der Waals surface area contributed by atoms with Crippen LogP contribution in [0.3, 0.4) is 0 Å².